The van der Waals surface area contributed by atoms with E-state index in [9.17, 15) is 0 Å². The van der Waals surface area contributed by atoms with Crippen LogP contribution in [0.4, 0.5) is 0 Å². The summed E-state index contributed by atoms with van der Waals surface area (Å²) in [6, 6.07) is 0. The van der Waals surface area contributed by atoms with Gasteiger partial charge in [-0.3, -0.25) is 19.6 Å². The van der Waals surface area contributed by atoms with E-state index in [0.717, 1.165) is 0 Å². The molecule has 0 saturated carbocycles. The molecule has 0 heterocycles. The van der Waals surface area contributed by atoms with Gasteiger partial charge >= 0.3 is 44.4 Å². The first-order chi connectivity index (χ1) is 5.66. The van der Waals surface area contributed by atoms with Gasteiger partial charge in [-0.05, 0) is 0 Å². The summed E-state index contributed by atoms with van der Waals surface area (Å²) in [4.78, 5) is 6.00. The monoisotopic (exact) mass is 345 g/mol. The summed E-state index contributed by atoms with van der Waals surface area (Å²) < 4.78 is 0. The summed E-state index contributed by atoms with van der Waals surface area (Å²) >= 11 is 0. The normalized spacial score (nSPS) is 2.29. The Morgan fingerprint density at radius 1 is 0.429 bits per heavy atom. The van der Waals surface area contributed by atoms with Gasteiger partial charge < -0.3 is 44.2 Å². The van der Waals surface area contributed by atoms with Crippen LogP contribution in [0.3, 0.4) is 0 Å². The van der Waals surface area contributed by atoms with E-state index >= 15 is 0 Å². The molecule has 73 valence electrons. The van der Waals surface area contributed by atoms with Crippen LogP contribution in [0, 0.1) is 0 Å². The van der Waals surface area contributed by atoms with Crippen LogP contribution in [0.15, 0.2) is 0 Å². The molecule has 0 atom stereocenters. The molecule has 0 aliphatic heterocycles. The van der Waals surface area contributed by atoms with Gasteiger partial charge in [0.1, 0.15) is 0 Å². The van der Waals surface area contributed by atoms with Gasteiger partial charge in [-0.1, -0.05) is 0 Å². The zero-order valence-electron chi connectivity index (χ0n) is 6.38. The molecular weight excluding hydrogens is 344 g/mol. The molecule has 0 aliphatic rings. The van der Waals surface area contributed by atoms with Crippen molar-refractivity contribution < 1.29 is 44.4 Å². The van der Waals surface area contributed by atoms with Crippen molar-refractivity contribution in [3.05, 3.63) is 63.9 Å². The van der Waals surface area contributed by atoms with Gasteiger partial charge in [0, 0.05) is 0 Å². The largest absolute Gasteiger partial charge is 2.00 e. The summed E-state index contributed by atoms with van der Waals surface area (Å²) in [6.45, 7) is 0. The van der Waals surface area contributed by atoms with Crippen LogP contribution in [0.25, 0.3) is 63.9 Å². The molecule has 0 unspecified atom stereocenters. The van der Waals surface area contributed by atoms with Crippen molar-refractivity contribution in [1.29, 1.82) is 0 Å². The minimum atomic E-state index is 0. The Kier molecular flexibility index (Phi) is 513. The Morgan fingerprint density at radius 3 is 0.429 bits per heavy atom. The molecule has 0 fully saturated rings. The van der Waals surface area contributed by atoms with Crippen molar-refractivity contribution >= 4 is 0 Å². The molecule has 0 aromatic carbocycles. The first-order valence-electron chi connectivity index (χ1n) is 1.60. The van der Waals surface area contributed by atoms with E-state index in [1.165, 1.54) is 19.6 Å². The SMILES string of the molecule is [Cd+2].[Cu+2].[N-]=[N+]=[N-].[N-]=[N+]=[N-].[N-]=[N+]=[N-].[N-]=[N+]=[N-]. The zero-order chi connectivity index (χ0) is 10.8. The Hall–Kier alpha value is -1.32. The molecule has 14 heteroatoms. The van der Waals surface area contributed by atoms with Crippen molar-refractivity contribution in [3.63, 3.8) is 0 Å². The van der Waals surface area contributed by atoms with E-state index in [2.05, 4.69) is 0 Å². The van der Waals surface area contributed by atoms with Gasteiger partial charge in [0.05, 0.1) is 0 Å². The first kappa shape index (κ1) is 38.8. The number of nitrogens with zero attached hydrogens (tertiary/aromatic N) is 12. The van der Waals surface area contributed by atoms with Gasteiger partial charge in [0.15, 0.2) is 0 Å². The van der Waals surface area contributed by atoms with E-state index in [1.54, 1.807) is 0 Å². The topological polar surface area (TPSA) is 235 Å². The molecule has 0 aromatic rings. The van der Waals surface area contributed by atoms with Gasteiger partial charge in [0.25, 0.3) is 0 Å². The summed E-state index contributed by atoms with van der Waals surface area (Å²) in [7, 11) is 0. The van der Waals surface area contributed by atoms with Crippen LogP contribution in [0.5, 0.6) is 0 Å². The minimum Gasteiger partial charge on any atom is -0.373 e. The zero-order valence-corrected chi connectivity index (χ0v) is 11.4. The molecule has 0 saturated heterocycles. The predicted octanol–water partition coefficient (Wildman–Crippen LogP) is 3.46. The Morgan fingerprint density at radius 2 is 0.429 bits per heavy atom. The van der Waals surface area contributed by atoms with Gasteiger partial charge in [-0.25, -0.2) is 0 Å². The third-order valence-corrected chi connectivity index (χ3v) is 0. The number of hydrogen-bond acceptors (Lipinski definition) is 0. The van der Waals surface area contributed by atoms with Crippen molar-refractivity contribution in [1.82, 2.24) is 0 Å². The number of rotatable bonds is 0. The fourth-order valence-corrected chi connectivity index (χ4v) is 0. The molecule has 14 heavy (non-hydrogen) atoms. The molecular formula is CdCuN12. The molecule has 0 bridgehead atoms. The van der Waals surface area contributed by atoms with Crippen LogP contribution in [0.2, 0.25) is 0 Å². The van der Waals surface area contributed by atoms with Crippen molar-refractivity contribution in [2.24, 2.45) is 0 Å². The Labute approximate surface area is 108 Å². The van der Waals surface area contributed by atoms with Crippen molar-refractivity contribution in [2.45, 2.75) is 0 Å². The second-order valence-electron chi connectivity index (χ2n) is 0.358. The quantitative estimate of drug-likeness (QED) is 0.265. The smallest absolute Gasteiger partial charge is 0.373 e. The molecule has 12 nitrogen and oxygen atoms in total. The molecule has 0 rings (SSSR count). The average Bonchev–Trinajstić information content (AvgIpc) is 1.92. The standard InChI is InChI=1S/Cd.Cu.4N3/c;;4*1-3-2/q2*+2;4*-1. The van der Waals surface area contributed by atoms with Crippen LogP contribution in [-0.4, -0.2) is 0 Å². The van der Waals surface area contributed by atoms with E-state index in [0.29, 0.717) is 0 Å². The summed E-state index contributed by atoms with van der Waals surface area (Å²) in [5.74, 6) is 0. The fraction of sp³-hybridized carbons (Fsp3) is 0. The summed E-state index contributed by atoms with van der Waals surface area (Å²) in [6.07, 6.45) is 0. The molecule has 1 radical (unpaired) electrons. The van der Waals surface area contributed by atoms with Crippen LogP contribution in [-0.2, 0) is 44.4 Å². The maximum atomic E-state index is 6.75. The molecule has 0 aliphatic carbocycles. The second kappa shape index (κ2) is 185. The average molecular weight is 344 g/mol. The third kappa shape index (κ3) is 576. The second-order valence-corrected chi connectivity index (χ2v) is 0.358. The van der Waals surface area contributed by atoms with Crippen LogP contribution in [0.1, 0.15) is 0 Å². The van der Waals surface area contributed by atoms with E-state index in [1.807, 2.05) is 0 Å². The molecule has 0 N–H and O–H groups in total. The Balaban J connectivity index is -0.0000000145. The molecule has 0 spiro atoms. The van der Waals surface area contributed by atoms with E-state index in [4.69, 9.17) is 44.2 Å². The van der Waals surface area contributed by atoms with Gasteiger partial charge in [-0.2, -0.15) is 0 Å². The third-order valence-electron chi connectivity index (χ3n) is 0. The molecule has 0 amide bonds. The number of hydrogen-bond donors (Lipinski definition) is 0. The summed E-state index contributed by atoms with van der Waals surface area (Å²) in [5, 5.41) is 0. The minimum absolute atomic E-state index is 0. The predicted molar refractivity (Wildman–Crippen MR) is 40.3 cm³/mol. The van der Waals surface area contributed by atoms with Crippen molar-refractivity contribution in [2.75, 3.05) is 0 Å². The van der Waals surface area contributed by atoms with Crippen molar-refractivity contribution in [3.8, 4) is 0 Å². The summed E-state index contributed by atoms with van der Waals surface area (Å²) in [5.41, 5.74) is 54.0. The van der Waals surface area contributed by atoms with E-state index in [-0.39, 0.29) is 44.4 Å². The maximum absolute atomic E-state index is 6.75. The van der Waals surface area contributed by atoms with Crippen LogP contribution >= 0.6 is 0 Å². The van der Waals surface area contributed by atoms with E-state index < -0.39 is 0 Å². The van der Waals surface area contributed by atoms with Gasteiger partial charge in [-0.15, -0.1) is 0 Å². The fourth-order valence-electron chi connectivity index (χ4n) is 0. The molecule has 0 aromatic heterocycles. The first-order valence-corrected chi connectivity index (χ1v) is 1.60. The van der Waals surface area contributed by atoms with Gasteiger partial charge in [0.2, 0.25) is 0 Å². The maximum Gasteiger partial charge on any atom is 2.00 e. The van der Waals surface area contributed by atoms with Crippen LogP contribution < -0.4 is 0 Å². The Bertz CT molecular complexity index is 142.